The lowest BCUT2D eigenvalue weighted by molar-refractivity contribution is 0.399. The Morgan fingerprint density at radius 3 is 2.60 bits per heavy atom. The number of aryl methyl sites for hydroxylation is 2. The Kier molecular flexibility index (Phi) is 4.45. The molecule has 0 aliphatic rings. The summed E-state index contributed by atoms with van der Waals surface area (Å²) in [5.41, 5.74) is 3.21. The summed E-state index contributed by atoms with van der Waals surface area (Å²) in [6.07, 6.45) is 1.79. The number of furan rings is 1. The molecule has 4 nitrogen and oxygen atoms in total. The molecule has 0 saturated heterocycles. The number of rotatable bonds is 5. The minimum atomic E-state index is -0.0198. The van der Waals surface area contributed by atoms with Crippen LogP contribution < -0.4 is 10.1 Å². The predicted octanol–water partition coefficient (Wildman–Crippen LogP) is 3.31. The molecular weight excluding hydrogens is 252 g/mol. The number of hydrogen-bond acceptors (Lipinski definition) is 4. The Morgan fingerprint density at radius 2 is 2.05 bits per heavy atom. The highest BCUT2D eigenvalue weighted by Gasteiger charge is 2.25. The van der Waals surface area contributed by atoms with E-state index in [9.17, 15) is 0 Å². The molecule has 0 fully saturated rings. The number of methoxy groups -OCH3 is 1. The molecule has 20 heavy (non-hydrogen) atoms. The maximum absolute atomic E-state index is 5.76. The van der Waals surface area contributed by atoms with Crippen LogP contribution in [0.2, 0.25) is 0 Å². The fourth-order valence-corrected chi connectivity index (χ4v) is 2.57. The zero-order valence-corrected chi connectivity index (χ0v) is 12.8. The number of nitrogens with one attached hydrogen (secondary N) is 1. The Labute approximate surface area is 120 Å². The van der Waals surface area contributed by atoms with Crippen LogP contribution in [0.3, 0.4) is 0 Å². The molecule has 0 spiro atoms. The second-order valence-corrected chi connectivity index (χ2v) is 4.83. The minimum absolute atomic E-state index is 0.0198. The van der Waals surface area contributed by atoms with Gasteiger partial charge in [-0.2, -0.15) is 0 Å². The average molecular weight is 274 g/mol. The summed E-state index contributed by atoms with van der Waals surface area (Å²) in [6.45, 7) is 8.99. The van der Waals surface area contributed by atoms with Crippen molar-refractivity contribution in [3.63, 3.8) is 0 Å². The smallest absolute Gasteiger partial charge is 0.142 e. The molecule has 2 rings (SSSR count). The SMILES string of the molecule is CCNC(c1ncccc1OC)c1c(C)oc(C)c1C. The average Bonchev–Trinajstić information content (AvgIpc) is 2.70. The molecule has 4 heteroatoms. The third kappa shape index (κ3) is 2.56. The summed E-state index contributed by atoms with van der Waals surface area (Å²) < 4.78 is 11.2. The van der Waals surface area contributed by atoms with Crippen molar-refractivity contribution in [2.75, 3.05) is 13.7 Å². The van der Waals surface area contributed by atoms with Crippen LogP contribution in [-0.4, -0.2) is 18.6 Å². The molecule has 0 radical (unpaired) electrons. The van der Waals surface area contributed by atoms with Crippen molar-refractivity contribution in [3.05, 3.63) is 46.7 Å². The van der Waals surface area contributed by atoms with Gasteiger partial charge in [-0.1, -0.05) is 6.92 Å². The second-order valence-electron chi connectivity index (χ2n) is 4.83. The van der Waals surface area contributed by atoms with Crippen molar-refractivity contribution in [1.29, 1.82) is 0 Å². The van der Waals surface area contributed by atoms with E-state index in [1.807, 2.05) is 26.0 Å². The lowest BCUT2D eigenvalue weighted by Crippen LogP contribution is -2.24. The first kappa shape index (κ1) is 14.6. The van der Waals surface area contributed by atoms with Gasteiger partial charge in [0.05, 0.1) is 13.2 Å². The standard InChI is InChI=1S/C16H22N2O2/c1-6-17-16(14-10(2)11(3)20-12(14)4)15-13(19-5)8-7-9-18-15/h7-9,16-17H,6H2,1-5H3. The van der Waals surface area contributed by atoms with Crippen LogP contribution >= 0.6 is 0 Å². The van der Waals surface area contributed by atoms with Gasteiger partial charge in [-0.3, -0.25) is 4.98 Å². The van der Waals surface area contributed by atoms with Crippen LogP contribution in [0.5, 0.6) is 5.75 Å². The molecule has 0 aromatic carbocycles. The van der Waals surface area contributed by atoms with Crippen molar-refractivity contribution in [2.24, 2.45) is 0 Å². The van der Waals surface area contributed by atoms with Gasteiger partial charge in [0.15, 0.2) is 0 Å². The van der Waals surface area contributed by atoms with Gasteiger partial charge in [0.2, 0.25) is 0 Å². The van der Waals surface area contributed by atoms with Crippen LogP contribution in [0, 0.1) is 20.8 Å². The maximum atomic E-state index is 5.76. The summed E-state index contributed by atoms with van der Waals surface area (Å²) in [7, 11) is 1.67. The molecule has 1 atom stereocenters. The highest BCUT2D eigenvalue weighted by molar-refractivity contribution is 5.42. The van der Waals surface area contributed by atoms with Crippen LogP contribution in [0.25, 0.3) is 0 Å². The summed E-state index contributed by atoms with van der Waals surface area (Å²) in [5.74, 6) is 2.67. The number of aromatic nitrogens is 1. The molecule has 2 aromatic heterocycles. The zero-order chi connectivity index (χ0) is 14.7. The van der Waals surface area contributed by atoms with Gasteiger partial charge in [-0.15, -0.1) is 0 Å². The van der Waals surface area contributed by atoms with Crippen molar-refractivity contribution < 1.29 is 9.15 Å². The normalized spacial score (nSPS) is 12.4. The molecule has 2 aromatic rings. The summed E-state index contributed by atoms with van der Waals surface area (Å²) in [5, 5.41) is 3.48. The zero-order valence-electron chi connectivity index (χ0n) is 12.8. The predicted molar refractivity (Wildman–Crippen MR) is 79.2 cm³/mol. The third-order valence-electron chi connectivity index (χ3n) is 3.61. The molecule has 108 valence electrons. The highest BCUT2D eigenvalue weighted by Crippen LogP contribution is 2.34. The van der Waals surface area contributed by atoms with E-state index in [4.69, 9.17) is 9.15 Å². The molecule has 0 amide bonds. The van der Waals surface area contributed by atoms with Crippen LogP contribution in [0.4, 0.5) is 0 Å². The largest absolute Gasteiger partial charge is 0.495 e. The first-order chi connectivity index (χ1) is 9.60. The van der Waals surface area contributed by atoms with E-state index in [2.05, 4.69) is 24.1 Å². The number of hydrogen-bond donors (Lipinski definition) is 1. The molecule has 0 aliphatic heterocycles. The van der Waals surface area contributed by atoms with Crippen LogP contribution in [0.1, 0.15) is 41.3 Å². The molecule has 1 N–H and O–H groups in total. The molecule has 0 bridgehead atoms. The highest BCUT2D eigenvalue weighted by atomic mass is 16.5. The topological polar surface area (TPSA) is 47.3 Å². The maximum Gasteiger partial charge on any atom is 0.142 e. The first-order valence-electron chi connectivity index (χ1n) is 6.88. The monoisotopic (exact) mass is 274 g/mol. The Hall–Kier alpha value is -1.81. The van der Waals surface area contributed by atoms with Crippen LogP contribution in [-0.2, 0) is 0 Å². The van der Waals surface area contributed by atoms with E-state index in [1.165, 1.54) is 5.56 Å². The second kappa shape index (κ2) is 6.09. The van der Waals surface area contributed by atoms with Gasteiger partial charge >= 0.3 is 0 Å². The van der Waals surface area contributed by atoms with Gasteiger partial charge in [-0.05, 0) is 45.0 Å². The lowest BCUT2D eigenvalue weighted by atomic mass is 9.98. The van der Waals surface area contributed by atoms with Crippen molar-refractivity contribution in [1.82, 2.24) is 10.3 Å². The fourth-order valence-electron chi connectivity index (χ4n) is 2.57. The Balaban J connectivity index is 2.56. The van der Waals surface area contributed by atoms with E-state index in [1.54, 1.807) is 13.3 Å². The molecule has 0 saturated carbocycles. The van der Waals surface area contributed by atoms with Crippen LogP contribution in [0.15, 0.2) is 22.7 Å². The summed E-state index contributed by atoms with van der Waals surface area (Å²) in [4.78, 5) is 4.51. The third-order valence-corrected chi connectivity index (χ3v) is 3.61. The Morgan fingerprint density at radius 1 is 1.30 bits per heavy atom. The molecule has 2 heterocycles. The van der Waals surface area contributed by atoms with Crippen molar-refractivity contribution >= 4 is 0 Å². The van der Waals surface area contributed by atoms with Gasteiger partial charge in [0, 0.05) is 11.8 Å². The van der Waals surface area contributed by atoms with Gasteiger partial charge in [0.25, 0.3) is 0 Å². The number of pyridine rings is 1. The van der Waals surface area contributed by atoms with E-state index >= 15 is 0 Å². The quantitative estimate of drug-likeness (QED) is 0.908. The minimum Gasteiger partial charge on any atom is -0.495 e. The van der Waals surface area contributed by atoms with Gasteiger partial charge < -0.3 is 14.5 Å². The van der Waals surface area contributed by atoms with E-state index < -0.39 is 0 Å². The lowest BCUT2D eigenvalue weighted by Gasteiger charge is -2.20. The number of ether oxygens (including phenoxy) is 1. The van der Waals surface area contributed by atoms with Crippen molar-refractivity contribution in [3.8, 4) is 5.75 Å². The summed E-state index contributed by atoms with van der Waals surface area (Å²) >= 11 is 0. The van der Waals surface area contributed by atoms with E-state index in [0.717, 1.165) is 35.1 Å². The van der Waals surface area contributed by atoms with Gasteiger partial charge in [0.1, 0.15) is 23.0 Å². The Bertz CT molecular complexity index is 590. The first-order valence-corrected chi connectivity index (χ1v) is 6.88. The molecule has 0 aliphatic carbocycles. The van der Waals surface area contributed by atoms with E-state index in [-0.39, 0.29) is 6.04 Å². The van der Waals surface area contributed by atoms with Gasteiger partial charge in [-0.25, -0.2) is 0 Å². The summed E-state index contributed by atoms with van der Waals surface area (Å²) in [6, 6.07) is 3.80. The number of nitrogens with zero attached hydrogens (tertiary/aromatic N) is 1. The van der Waals surface area contributed by atoms with E-state index in [0.29, 0.717) is 0 Å². The van der Waals surface area contributed by atoms with Crippen molar-refractivity contribution in [2.45, 2.75) is 33.7 Å². The molecule has 1 unspecified atom stereocenters. The fraction of sp³-hybridized carbons (Fsp3) is 0.438. The molecular formula is C16H22N2O2.